The first-order valence-electron chi connectivity index (χ1n) is 8.66. The Morgan fingerprint density at radius 2 is 1.89 bits per heavy atom. The van der Waals surface area contributed by atoms with Crippen molar-refractivity contribution < 1.29 is 9.13 Å². The van der Waals surface area contributed by atoms with Crippen molar-refractivity contribution in [3.63, 3.8) is 0 Å². The van der Waals surface area contributed by atoms with E-state index >= 15 is 0 Å². The number of hydrogen-bond donors (Lipinski definition) is 0. The molecule has 6 heteroatoms. The number of hydrogen-bond acceptors (Lipinski definition) is 3. The second-order valence-corrected chi connectivity index (χ2v) is 6.15. The van der Waals surface area contributed by atoms with Gasteiger partial charge in [-0.1, -0.05) is 30.3 Å². The van der Waals surface area contributed by atoms with Crippen LogP contribution in [0.4, 0.5) is 4.39 Å². The maximum Gasteiger partial charge on any atom is 0.131 e. The number of benzene rings is 2. The standard InChI is InChI=1S/C21H19FN4O/c1-27-19-13-17(22)7-8-18(19)21-20(16-5-3-2-4-6-16)24-15-26(21)12-11-25-10-9-23-14-25/h2-10,13-15H,11-12H2,1H3. The summed E-state index contributed by atoms with van der Waals surface area (Å²) in [6, 6.07) is 14.5. The molecule has 2 aromatic carbocycles. The summed E-state index contributed by atoms with van der Waals surface area (Å²) in [5, 5.41) is 0. The van der Waals surface area contributed by atoms with Crippen molar-refractivity contribution in [2.24, 2.45) is 0 Å². The third-order valence-electron chi connectivity index (χ3n) is 4.46. The molecule has 0 atom stereocenters. The van der Waals surface area contributed by atoms with Crippen LogP contribution in [0.1, 0.15) is 0 Å². The Hall–Kier alpha value is -3.41. The van der Waals surface area contributed by atoms with Crippen LogP contribution in [0, 0.1) is 5.82 Å². The second-order valence-electron chi connectivity index (χ2n) is 6.15. The Morgan fingerprint density at radius 1 is 1.04 bits per heavy atom. The summed E-state index contributed by atoms with van der Waals surface area (Å²) in [6.45, 7) is 1.45. The molecule has 2 aromatic heterocycles. The predicted molar refractivity (Wildman–Crippen MR) is 102 cm³/mol. The largest absolute Gasteiger partial charge is 0.496 e. The zero-order chi connectivity index (χ0) is 18.6. The van der Waals surface area contributed by atoms with E-state index in [2.05, 4.69) is 14.5 Å². The normalized spacial score (nSPS) is 10.9. The zero-order valence-electron chi connectivity index (χ0n) is 14.9. The third kappa shape index (κ3) is 3.46. The molecule has 0 aliphatic carbocycles. The predicted octanol–water partition coefficient (Wildman–Crippen LogP) is 4.26. The van der Waals surface area contributed by atoms with Gasteiger partial charge in [-0.2, -0.15) is 0 Å². The summed E-state index contributed by atoms with van der Waals surface area (Å²) >= 11 is 0. The van der Waals surface area contributed by atoms with Gasteiger partial charge < -0.3 is 13.9 Å². The molecule has 0 radical (unpaired) electrons. The fraction of sp³-hybridized carbons (Fsp3) is 0.143. The Balaban J connectivity index is 1.82. The Labute approximate surface area is 156 Å². The molecule has 0 saturated carbocycles. The van der Waals surface area contributed by atoms with E-state index in [1.807, 2.05) is 47.4 Å². The first-order chi connectivity index (χ1) is 13.3. The van der Waals surface area contributed by atoms with Gasteiger partial charge in [0.05, 0.1) is 31.2 Å². The smallest absolute Gasteiger partial charge is 0.131 e. The van der Waals surface area contributed by atoms with E-state index in [-0.39, 0.29) is 5.82 Å². The molecule has 0 N–H and O–H groups in total. The average molecular weight is 362 g/mol. The van der Waals surface area contributed by atoms with Crippen molar-refractivity contribution in [1.82, 2.24) is 19.1 Å². The van der Waals surface area contributed by atoms with E-state index in [1.54, 1.807) is 25.7 Å². The molecule has 5 nitrogen and oxygen atoms in total. The van der Waals surface area contributed by atoms with Crippen molar-refractivity contribution in [2.45, 2.75) is 13.1 Å². The molecular weight excluding hydrogens is 343 g/mol. The lowest BCUT2D eigenvalue weighted by atomic mass is 10.0. The van der Waals surface area contributed by atoms with Gasteiger partial charge in [-0.25, -0.2) is 14.4 Å². The maximum absolute atomic E-state index is 13.7. The molecular formula is C21H19FN4O. The Kier molecular flexibility index (Phi) is 4.70. The van der Waals surface area contributed by atoms with E-state index < -0.39 is 0 Å². The highest BCUT2D eigenvalue weighted by atomic mass is 19.1. The summed E-state index contributed by atoms with van der Waals surface area (Å²) in [4.78, 5) is 8.73. The van der Waals surface area contributed by atoms with Crippen LogP contribution in [0.2, 0.25) is 0 Å². The highest BCUT2D eigenvalue weighted by Crippen LogP contribution is 2.37. The third-order valence-corrected chi connectivity index (χ3v) is 4.46. The molecule has 0 fully saturated rings. The van der Waals surface area contributed by atoms with Gasteiger partial charge in [0.25, 0.3) is 0 Å². The van der Waals surface area contributed by atoms with E-state index in [9.17, 15) is 4.39 Å². The van der Waals surface area contributed by atoms with Crippen LogP contribution < -0.4 is 4.74 Å². The first kappa shape index (κ1) is 17.0. The van der Waals surface area contributed by atoms with Crippen molar-refractivity contribution >= 4 is 0 Å². The minimum Gasteiger partial charge on any atom is -0.496 e. The van der Waals surface area contributed by atoms with Gasteiger partial charge in [0.2, 0.25) is 0 Å². The van der Waals surface area contributed by atoms with Gasteiger partial charge in [0.1, 0.15) is 11.6 Å². The molecule has 0 spiro atoms. The molecule has 4 aromatic rings. The van der Waals surface area contributed by atoms with Crippen LogP contribution in [0.25, 0.3) is 22.5 Å². The topological polar surface area (TPSA) is 44.9 Å². The van der Waals surface area contributed by atoms with Crippen LogP contribution in [-0.2, 0) is 13.1 Å². The van der Waals surface area contributed by atoms with E-state index in [1.165, 1.54) is 12.1 Å². The summed E-state index contributed by atoms with van der Waals surface area (Å²) in [5.41, 5.74) is 3.55. The van der Waals surface area contributed by atoms with Crippen LogP contribution in [0.15, 0.2) is 73.6 Å². The highest BCUT2D eigenvalue weighted by molar-refractivity contribution is 5.81. The number of methoxy groups -OCH3 is 1. The van der Waals surface area contributed by atoms with Crippen molar-refractivity contribution in [1.29, 1.82) is 0 Å². The fourth-order valence-corrected chi connectivity index (χ4v) is 3.14. The SMILES string of the molecule is COc1cc(F)ccc1-c1c(-c2ccccc2)ncn1CCn1ccnc1. The second kappa shape index (κ2) is 7.45. The van der Waals surface area contributed by atoms with Gasteiger partial charge in [0.15, 0.2) is 0 Å². The summed E-state index contributed by atoms with van der Waals surface area (Å²) < 4.78 is 23.2. The lowest BCUT2D eigenvalue weighted by Crippen LogP contribution is -2.07. The first-order valence-corrected chi connectivity index (χ1v) is 8.66. The van der Waals surface area contributed by atoms with E-state index in [0.29, 0.717) is 12.3 Å². The van der Waals surface area contributed by atoms with Gasteiger partial charge >= 0.3 is 0 Å². The van der Waals surface area contributed by atoms with Gasteiger partial charge in [-0.15, -0.1) is 0 Å². The van der Waals surface area contributed by atoms with Crippen LogP contribution in [-0.4, -0.2) is 26.2 Å². The molecule has 2 heterocycles. The number of nitrogens with zero attached hydrogens (tertiary/aromatic N) is 4. The minimum absolute atomic E-state index is 0.332. The maximum atomic E-state index is 13.7. The quantitative estimate of drug-likeness (QED) is 0.515. The minimum atomic E-state index is -0.332. The van der Waals surface area contributed by atoms with Crippen molar-refractivity contribution in [3.05, 3.63) is 79.4 Å². The molecule has 0 unspecified atom stereocenters. The summed E-state index contributed by atoms with van der Waals surface area (Å²) in [6.07, 6.45) is 7.28. The molecule has 27 heavy (non-hydrogen) atoms. The molecule has 0 bridgehead atoms. The van der Waals surface area contributed by atoms with Gasteiger partial charge in [-0.05, 0) is 12.1 Å². The van der Waals surface area contributed by atoms with Gasteiger partial charge in [0, 0.05) is 42.7 Å². The van der Waals surface area contributed by atoms with Crippen LogP contribution in [0.5, 0.6) is 5.75 Å². The molecule has 4 rings (SSSR count). The number of imidazole rings is 2. The fourth-order valence-electron chi connectivity index (χ4n) is 3.14. The number of rotatable bonds is 6. The van der Waals surface area contributed by atoms with E-state index in [0.717, 1.165) is 29.1 Å². The van der Waals surface area contributed by atoms with Crippen LogP contribution in [0.3, 0.4) is 0 Å². The molecule has 0 amide bonds. The lowest BCUT2D eigenvalue weighted by molar-refractivity contribution is 0.412. The van der Waals surface area contributed by atoms with E-state index in [4.69, 9.17) is 4.74 Å². The monoisotopic (exact) mass is 362 g/mol. The molecule has 0 saturated heterocycles. The summed E-state index contributed by atoms with van der Waals surface area (Å²) in [5.74, 6) is 0.151. The van der Waals surface area contributed by atoms with Crippen molar-refractivity contribution in [2.75, 3.05) is 7.11 Å². The Bertz CT molecular complexity index is 1030. The highest BCUT2D eigenvalue weighted by Gasteiger charge is 2.19. The average Bonchev–Trinajstić information content (AvgIpc) is 3.36. The molecule has 0 aliphatic heterocycles. The Morgan fingerprint density at radius 3 is 2.63 bits per heavy atom. The number of aryl methyl sites for hydroxylation is 2. The lowest BCUT2D eigenvalue weighted by Gasteiger charge is -2.14. The number of ether oxygens (including phenoxy) is 1. The molecule has 136 valence electrons. The van der Waals surface area contributed by atoms with Crippen molar-refractivity contribution in [3.8, 4) is 28.3 Å². The van der Waals surface area contributed by atoms with Gasteiger partial charge in [-0.3, -0.25) is 0 Å². The summed E-state index contributed by atoms with van der Waals surface area (Å²) in [7, 11) is 1.55. The zero-order valence-corrected chi connectivity index (χ0v) is 14.9. The number of aromatic nitrogens is 4. The van der Waals surface area contributed by atoms with Crippen LogP contribution >= 0.6 is 0 Å². The number of halogens is 1. The molecule has 0 aliphatic rings.